The number of rotatable bonds is 2. The highest BCUT2D eigenvalue weighted by Gasteiger charge is 2.14. The summed E-state index contributed by atoms with van der Waals surface area (Å²) in [7, 11) is 0. The van der Waals surface area contributed by atoms with Crippen molar-refractivity contribution in [1.82, 2.24) is 0 Å². The average molecular weight is 274 g/mol. The maximum absolute atomic E-state index is 13.6. The smallest absolute Gasteiger partial charge is 0.258 e. The first-order chi connectivity index (χ1) is 9.38. The van der Waals surface area contributed by atoms with Crippen molar-refractivity contribution in [3.8, 4) is 5.75 Å². The minimum absolute atomic E-state index is 0.138. The highest BCUT2D eigenvalue weighted by molar-refractivity contribution is 6.05. The minimum Gasteiger partial charge on any atom is -0.508 e. The predicted molar refractivity (Wildman–Crippen MR) is 76.3 cm³/mol. The van der Waals surface area contributed by atoms with E-state index in [9.17, 15) is 9.18 Å². The van der Waals surface area contributed by atoms with Gasteiger partial charge in [-0.2, -0.15) is 0 Å². The summed E-state index contributed by atoms with van der Waals surface area (Å²) in [6.45, 7) is 3.70. The third kappa shape index (κ3) is 2.71. The van der Waals surface area contributed by atoms with Gasteiger partial charge in [-0.15, -0.1) is 0 Å². The standard InChI is InChI=1S/C15H15FN2O2/c1-8-5-9(2)14(7-13(8)17)18-15(20)11-4-3-10(19)6-12(11)16/h3-7,19H,17H2,1-2H3,(H,18,20). The summed E-state index contributed by atoms with van der Waals surface area (Å²) in [6.07, 6.45) is 0. The number of nitrogen functional groups attached to an aromatic ring is 1. The lowest BCUT2D eigenvalue weighted by molar-refractivity contribution is 0.102. The number of benzene rings is 2. The molecule has 0 heterocycles. The van der Waals surface area contributed by atoms with Crippen molar-refractivity contribution >= 4 is 17.3 Å². The van der Waals surface area contributed by atoms with Crippen LogP contribution in [-0.4, -0.2) is 11.0 Å². The van der Waals surface area contributed by atoms with Gasteiger partial charge in [-0.1, -0.05) is 6.07 Å². The first-order valence-electron chi connectivity index (χ1n) is 6.05. The van der Waals surface area contributed by atoms with Crippen LogP contribution in [0.15, 0.2) is 30.3 Å². The number of halogens is 1. The Bertz CT molecular complexity index is 684. The van der Waals surface area contributed by atoms with Crippen LogP contribution in [0.2, 0.25) is 0 Å². The molecule has 0 unspecified atom stereocenters. The molecular weight excluding hydrogens is 259 g/mol. The van der Waals surface area contributed by atoms with E-state index in [-0.39, 0.29) is 11.3 Å². The van der Waals surface area contributed by atoms with E-state index >= 15 is 0 Å². The monoisotopic (exact) mass is 274 g/mol. The van der Waals surface area contributed by atoms with Gasteiger partial charge in [0.1, 0.15) is 11.6 Å². The zero-order valence-corrected chi connectivity index (χ0v) is 11.2. The number of aryl methyl sites for hydroxylation is 2. The highest BCUT2D eigenvalue weighted by Crippen LogP contribution is 2.23. The molecule has 0 bridgehead atoms. The van der Waals surface area contributed by atoms with Crippen LogP contribution in [-0.2, 0) is 0 Å². The molecule has 4 nitrogen and oxygen atoms in total. The van der Waals surface area contributed by atoms with Crippen LogP contribution < -0.4 is 11.1 Å². The van der Waals surface area contributed by atoms with Gasteiger partial charge in [-0.25, -0.2) is 4.39 Å². The molecule has 0 aliphatic heterocycles. The third-order valence-electron chi connectivity index (χ3n) is 3.06. The second-order valence-corrected chi connectivity index (χ2v) is 4.64. The number of hydrogen-bond acceptors (Lipinski definition) is 3. The van der Waals surface area contributed by atoms with Gasteiger partial charge in [-0.3, -0.25) is 4.79 Å². The Morgan fingerprint density at radius 1 is 1.20 bits per heavy atom. The Morgan fingerprint density at radius 3 is 2.55 bits per heavy atom. The average Bonchev–Trinajstić information content (AvgIpc) is 2.35. The fourth-order valence-electron chi connectivity index (χ4n) is 1.88. The van der Waals surface area contributed by atoms with Gasteiger partial charge in [0.25, 0.3) is 5.91 Å². The molecule has 0 fully saturated rings. The maximum Gasteiger partial charge on any atom is 0.258 e. The highest BCUT2D eigenvalue weighted by atomic mass is 19.1. The molecule has 20 heavy (non-hydrogen) atoms. The van der Waals surface area contributed by atoms with Gasteiger partial charge in [0.2, 0.25) is 0 Å². The van der Waals surface area contributed by atoms with Gasteiger partial charge < -0.3 is 16.2 Å². The lowest BCUT2D eigenvalue weighted by Gasteiger charge is -2.11. The van der Waals surface area contributed by atoms with E-state index in [2.05, 4.69) is 5.32 Å². The predicted octanol–water partition coefficient (Wildman–Crippen LogP) is 2.98. The summed E-state index contributed by atoms with van der Waals surface area (Å²) in [5.41, 5.74) is 8.49. The number of amides is 1. The summed E-state index contributed by atoms with van der Waals surface area (Å²) < 4.78 is 13.6. The van der Waals surface area contributed by atoms with Gasteiger partial charge in [0.15, 0.2) is 0 Å². The maximum atomic E-state index is 13.6. The lowest BCUT2D eigenvalue weighted by atomic mass is 10.1. The van der Waals surface area contributed by atoms with Gasteiger partial charge in [-0.05, 0) is 43.2 Å². The van der Waals surface area contributed by atoms with Crippen molar-refractivity contribution in [3.63, 3.8) is 0 Å². The molecule has 0 atom stereocenters. The Hall–Kier alpha value is -2.56. The Kier molecular flexibility index (Phi) is 3.61. The van der Waals surface area contributed by atoms with E-state index in [0.717, 1.165) is 17.2 Å². The van der Waals surface area contributed by atoms with Crippen molar-refractivity contribution in [2.45, 2.75) is 13.8 Å². The van der Waals surface area contributed by atoms with E-state index < -0.39 is 11.7 Å². The van der Waals surface area contributed by atoms with E-state index in [1.807, 2.05) is 19.9 Å². The molecule has 0 aliphatic carbocycles. The van der Waals surface area contributed by atoms with E-state index in [1.165, 1.54) is 12.1 Å². The SMILES string of the molecule is Cc1cc(C)c(NC(=O)c2ccc(O)cc2F)cc1N. The van der Waals surface area contributed by atoms with Crippen LogP contribution >= 0.6 is 0 Å². The first kappa shape index (κ1) is 13.9. The van der Waals surface area contributed by atoms with Crippen molar-refractivity contribution < 1.29 is 14.3 Å². The number of aromatic hydroxyl groups is 1. The fraction of sp³-hybridized carbons (Fsp3) is 0.133. The molecule has 0 saturated carbocycles. The number of phenolic OH excluding ortho intramolecular Hbond substituents is 1. The molecule has 2 rings (SSSR count). The van der Waals surface area contributed by atoms with Crippen molar-refractivity contribution in [3.05, 3.63) is 52.8 Å². The zero-order chi connectivity index (χ0) is 14.9. The van der Waals surface area contributed by atoms with E-state index in [0.29, 0.717) is 11.4 Å². The molecular formula is C15H15FN2O2. The second-order valence-electron chi connectivity index (χ2n) is 4.64. The number of nitrogens with two attached hydrogens (primary N) is 1. The van der Waals surface area contributed by atoms with E-state index in [1.54, 1.807) is 6.07 Å². The Morgan fingerprint density at radius 2 is 1.90 bits per heavy atom. The normalized spacial score (nSPS) is 10.3. The van der Waals surface area contributed by atoms with Crippen molar-refractivity contribution in [2.24, 2.45) is 0 Å². The van der Waals surface area contributed by atoms with Crippen LogP contribution in [0.1, 0.15) is 21.5 Å². The first-order valence-corrected chi connectivity index (χ1v) is 6.05. The number of phenols is 1. The molecule has 0 saturated heterocycles. The summed E-state index contributed by atoms with van der Waals surface area (Å²) in [5.74, 6) is -1.59. The van der Waals surface area contributed by atoms with Crippen LogP contribution in [0.25, 0.3) is 0 Å². The van der Waals surface area contributed by atoms with E-state index in [4.69, 9.17) is 10.8 Å². The molecule has 2 aromatic carbocycles. The van der Waals surface area contributed by atoms with Crippen LogP contribution in [0.3, 0.4) is 0 Å². The second kappa shape index (κ2) is 5.21. The third-order valence-corrected chi connectivity index (χ3v) is 3.06. The number of carbonyl (C=O) groups excluding carboxylic acids is 1. The minimum atomic E-state index is -0.778. The van der Waals surface area contributed by atoms with Crippen molar-refractivity contribution in [2.75, 3.05) is 11.1 Å². The largest absolute Gasteiger partial charge is 0.508 e. The summed E-state index contributed by atoms with van der Waals surface area (Å²) >= 11 is 0. The van der Waals surface area contributed by atoms with Crippen LogP contribution in [0.5, 0.6) is 5.75 Å². The Balaban J connectivity index is 2.30. The van der Waals surface area contributed by atoms with Gasteiger partial charge in [0, 0.05) is 17.4 Å². The summed E-state index contributed by atoms with van der Waals surface area (Å²) in [4.78, 5) is 12.0. The molecule has 0 aromatic heterocycles. The molecule has 104 valence electrons. The molecule has 0 spiro atoms. The van der Waals surface area contributed by atoms with Gasteiger partial charge >= 0.3 is 0 Å². The number of nitrogens with one attached hydrogen (secondary N) is 1. The molecule has 1 amide bonds. The van der Waals surface area contributed by atoms with Gasteiger partial charge in [0.05, 0.1) is 5.56 Å². The van der Waals surface area contributed by atoms with Crippen molar-refractivity contribution in [1.29, 1.82) is 0 Å². The van der Waals surface area contributed by atoms with Crippen LogP contribution in [0, 0.1) is 19.7 Å². The summed E-state index contributed by atoms with van der Waals surface area (Å²) in [5, 5.41) is 11.7. The molecule has 0 radical (unpaired) electrons. The molecule has 0 aliphatic rings. The zero-order valence-electron chi connectivity index (χ0n) is 11.2. The quantitative estimate of drug-likeness (QED) is 0.737. The molecule has 5 heteroatoms. The summed E-state index contributed by atoms with van der Waals surface area (Å²) in [6, 6.07) is 6.87. The number of carbonyl (C=O) groups is 1. The van der Waals surface area contributed by atoms with Crippen LogP contribution in [0.4, 0.5) is 15.8 Å². The topological polar surface area (TPSA) is 75.3 Å². The molecule has 4 N–H and O–H groups in total. The fourth-order valence-corrected chi connectivity index (χ4v) is 1.88. The number of hydrogen-bond donors (Lipinski definition) is 3. The Labute approximate surface area is 116 Å². The molecule has 2 aromatic rings. The lowest BCUT2D eigenvalue weighted by Crippen LogP contribution is -2.14. The number of anilines is 2.